The first-order valence-electron chi connectivity index (χ1n) is 6.92. The third-order valence-electron chi connectivity index (χ3n) is 3.65. The number of likely N-dealkylation sites (tertiary alicyclic amines) is 1. The van der Waals surface area contributed by atoms with Crippen molar-refractivity contribution in [2.45, 2.75) is 38.8 Å². The third kappa shape index (κ3) is 5.16. The number of nitrogens with two attached hydrogens (primary N) is 1. The summed E-state index contributed by atoms with van der Waals surface area (Å²) in [6.07, 6.45) is 2.29. The summed E-state index contributed by atoms with van der Waals surface area (Å²) in [7, 11) is 2.06. The molecule has 1 heterocycles. The summed E-state index contributed by atoms with van der Waals surface area (Å²) in [6.45, 7) is 5.47. The molecule has 0 aromatic heterocycles. The molecule has 19 heavy (non-hydrogen) atoms. The van der Waals surface area contributed by atoms with E-state index in [1.165, 1.54) is 6.42 Å². The molecule has 0 spiro atoms. The van der Waals surface area contributed by atoms with E-state index in [1.54, 1.807) is 0 Å². The molecule has 0 aromatic rings. The summed E-state index contributed by atoms with van der Waals surface area (Å²) in [6, 6.07) is -0.147. The molecule has 1 aliphatic rings. The van der Waals surface area contributed by atoms with Crippen LogP contribution in [0.3, 0.4) is 0 Å². The average molecular weight is 270 g/mol. The van der Waals surface area contributed by atoms with Gasteiger partial charge in [-0.3, -0.25) is 9.59 Å². The fourth-order valence-corrected chi connectivity index (χ4v) is 2.12. The number of amides is 2. The van der Waals surface area contributed by atoms with Crippen LogP contribution in [0.2, 0.25) is 0 Å². The Hall–Kier alpha value is -1.14. The Labute approximate surface area is 115 Å². The van der Waals surface area contributed by atoms with E-state index in [9.17, 15) is 9.59 Å². The van der Waals surface area contributed by atoms with Crippen LogP contribution in [0.1, 0.15) is 26.7 Å². The van der Waals surface area contributed by atoms with Crippen LogP contribution in [0.5, 0.6) is 0 Å². The van der Waals surface area contributed by atoms with Gasteiger partial charge in [0.05, 0.1) is 12.6 Å². The van der Waals surface area contributed by atoms with E-state index >= 15 is 0 Å². The van der Waals surface area contributed by atoms with E-state index in [1.807, 2.05) is 13.8 Å². The van der Waals surface area contributed by atoms with Crippen molar-refractivity contribution in [3.05, 3.63) is 0 Å². The lowest BCUT2D eigenvalue weighted by Gasteiger charge is -2.20. The zero-order valence-electron chi connectivity index (χ0n) is 12.1. The Bertz CT molecular complexity index is 320. The highest BCUT2D eigenvalue weighted by Gasteiger charge is 2.21. The SMILES string of the molecule is CC(C)[C@H](N)C(=O)NCC(=O)NCC1CCCN1C. The number of likely N-dealkylation sites (N-methyl/N-ethyl adjacent to an activating group) is 1. The lowest BCUT2D eigenvalue weighted by Crippen LogP contribution is -2.48. The van der Waals surface area contributed by atoms with Gasteiger partial charge < -0.3 is 21.3 Å². The molecule has 0 aliphatic carbocycles. The molecule has 0 aromatic carbocycles. The number of rotatable bonds is 6. The molecule has 0 bridgehead atoms. The van der Waals surface area contributed by atoms with Crippen LogP contribution in [0.4, 0.5) is 0 Å². The second-order valence-electron chi connectivity index (χ2n) is 5.57. The van der Waals surface area contributed by atoms with Gasteiger partial charge >= 0.3 is 0 Å². The Kier molecular flexibility index (Phi) is 6.24. The fourth-order valence-electron chi connectivity index (χ4n) is 2.12. The Balaban J connectivity index is 2.19. The Morgan fingerprint density at radius 1 is 1.37 bits per heavy atom. The van der Waals surface area contributed by atoms with Gasteiger partial charge in [-0.1, -0.05) is 13.8 Å². The van der Waals surface area contributed by atoms with Crippen LogP contribution < -0.4 is 16.4 Å². The van der Waals surface area contributed by atoms with Crippen molar-refractivity contribution in [1.82, 2.24) is 15.5 Å². The normalized spacial score (nSPS) is 21.4. The number of nitrogens with zero attached hydrogens (tertiary/aromatic N) is 1. The zero-order chi connectivity index (χ0) is 14.4. The first kappa shape index (κ1) is 15.9. The summed E-state index contributed by atoms with van der Waals surface area (Å²) in [5.41, 5.74) is 5.69. The molecule has 1 fully saturated rings. The molecule has 110 valence electrons. The van der Waals surface area contributed by atoms with Crippen LogP contribution in [-0.4, -0.2) is 55.5 Å². The van der Waals surface area contributed by atoms with E-state index < -0.39 is 6.04 Å². The Morgan fingerprint density at radius 2 is 2.05 bits per heavy atom. The third-order valence-corrected chi connectivity index (χ3v) is 3.65. The van der Waals surface area contributed by atoms with Gasteiger partial charge in [0.2, 0.25) is 11.8 Å². The molecule has 1 rings (SSSR count). The second kappa shape index (κ2) is 7.45. The maximum atomic E-state index is 11.6. The average Bonchev–Trinajstić information content (AvgIpc) is 2.77. The lowest BCUT2D eigenvalue weighted by atomic mass is 10.1. The minimum Gasteiger partial charge on any atom is -0.353 e. The highest BCUT2D eigenvalue weighted by Crippen LogP contribution is 2.13. The van der Waals surface area contributed by atoms with Crippen LogP contribution in [0.25, 0.3) is 0 Å². The van der Waals surface area contributed by atoms with Crippen molar-refractivity contribution >= 4 is 11.8 Å². The van der Waals surface area contributed by atoms with Gasteiger partial charge in [0.15, 0.2) is 0 Å². The largest absolute Gasteiger partial charge is 0.353 e. The standard InChI is InChI=1S/C13H26N4O2/c1-9(2)12(14)13(19)16-8-11(18)15-7-10-5-4-6-17(10)3/h9-10,12H,4-8,14H2,1-3H3,(H,15,18)(H,16,19)/t10?,12-/m0/s1. The van der Waals surface area contributed by atoms with E-state index in [0.29, 0.717) is 12.6 Å². The maximum absolute atomic E-state index is 11.6. The minimum atomic E-state index is -0.561. The first-order valence-corrected chi connectivity index (χ1v) is 6.92. The van der Waals surface area contributed by atoms with Gasteiger partial charge in [0.25, 0.3) is 0 Å². The summed E-state index contributed by atoms with van der Waals surface area (Å²) in [5, 5.41) is 5.40. The molecule has 6 heteroatoms. The summed E-state index contributed by atoms with van der Waals surface area (Å²) < 4.78 is 0. The molecule has 1 unspecified atom stereocenters. The summed E-state index contributed by atoms with van der Waals surface area (Å²) >= 11 is 0. The molecule has 1 aliphatic heterocycles. The van der Waals surface area contributed by atoms with Gasteiger partial charge in [-0.2, -0.15) is 0 Å². The molecule has 0 saturated carbocycles. The smallest absolute Gasteiger partial charge is 0.239 e. The first-order chi connectivity index (χ1) is 8.91. The van der Waals surface area contributed by atoms with Crippen LogP contribution >= 0.6 is 0 Å². The molecule has 6 nitrogen and oxygen atoms in total. The molecule has 2 amide bonds. The Morgan fingerprint density at radius 3 is 2.58 bits per heavy atom. The van der Waals surface area contributed by atoms with Crippen LogP contribution in [-0.2, 0) is 9.59 Å². The van der Waals surface area contributed by atoms with Crippen molar-refractivity contribution in [3.8, 4) is 0 Å². The molecule has 1 saturated heterocycles. The number of hydrogen-bond acceptors (Lipinski definition) is 4. The highest BCUT2D eigenvalue weighted by atomic mass is 16.2. The predicted octanol–water partition coefficient (Wildman–Crippen LogP) is -0.704. The minimum absolute atomic E-state index is 0.00428. The van der Waals surface area contributed by atoms with Gasteiger partial charge in [-0.25, -0.2) is 0 Å². The molecule has 2 atom stereocenters. The van der Waals surface area contributed by atoms with E-state index in [0.717, 1.165) is 13.0 Å². The topological polar surface area (TPSA) is 87.5 Å². The van der Waals surface area contributed by atoms with Crippen LogP contribution in [0, 0.1) is 5.92 Å². The van der Waals surface area contributed by atoms with E-state index in [-0.39, 0.29) is 24.3 Å². The van der Waals surface area contributed by atoms with Crippen molar-refractivity contribution < 1.29 is 9.59 Å². The van der Waals surface area contributed by atoms with E-state index in [4.69, 9.17) is 5.73 Å². The molecular formula is C13H26N4O2. The molecule has 4 N–H and O–H groups in total. The van der Waals surface area contributed by atoms with Gasteiger partial charge in [0, 0.05) is 12.6 Å². The number of carbonyl (C=O) groups excluding carboxylic acids is 2. The van der Waals surface area contributed by atoms with Crippen LogP contribution in [0.15, 0.2) is 0 Å². The molecule has 0 radical (unpaired) electrons. The van der Waals surface area contributed by atoms with Crippen molar-refractivity contribution in [2.24, 2.45) is 11.7 Å². The maximum Gasteiger partial charge on any atom is 0.239 e. The van der Waals surface area contributed by atoms with Crippen molar-refractivity contribution in [1.29, 1.82) is 0 Å². The van der Waals surface area contributed by atoms with Gasteiger partial charge in [-0.05, 0) is 32.4 Å². The molecular weight excluding hydrogens is 244 g/mol. The van der Waals surface area contributed by atoms with Crippen molar-refractivity contribution in [3.63, 3.8) is 0 Å². The quantitative estimate of drug-likeness (QED) is 0.595. The fraction of sp³-hybridized carbons (Fsp3) is 0.846. The monoisotopic (exact) mass is 270 g/mol. The number of carbonyl (C=O) groups is 2. The lowest BCUT2D eigenvalue weighted by molar-refractivity contribution is -0.127. The summed E-state index contributed by atoms with van der Waals surface area (Å²) in [5.74, 6) is -0.372. The number of hydrogen-bond donors (Lipinski definition) is 3. The summed E-state index contributed by atoms with van der Waals surface area (Å²) in [4.78, 5) is 25.4. The second-order valence-corrected chi connectivity index (χ2v) is 5.57. The highest BCUT2D eigenvalue weighted by molar-refractivity contribution is 5.87. The zero-order valence-corrected chi connectivity index (χ0v) is 12.1. The van der Waals surface area contributed by atoms with Gasteiger partial charge in [-0.15, -0.1) is 0 Å². The van der Waals surface area contributed by atoms with Gasteiger partial charge in [0.1, 0.15) is 0 Å². The van der Waals surface area contributed by atoms with Crippen molar-refractivity contribution in [2.75, 3.05) is 26.7 Å². The van der Waals surface area contributed by atoms with E-state index in [2.05, 4.69) is 22.6 Å². The number of nitrogens with one attached hydrogen (secondary N) is 2. The predicted molar refractivity (Wildman–Crippen MR) is 74.5 cm³/mol.